The fourth-order valence-electron chi connectivity index (χ4n) is 3.55. The Labute approximate surface area is 171 Å². The van der Waals surface area contributed by atoms with E-state index in [0.717, 1.165) is 0 Å². The molecule has 6 nitrogen and oxygen atoms in total. The number of carbonyl (C=O) groups is 3. The van der Waals surface area contributed by atoms with Crippen LogP contribution in [0.5, 0.6) is 0 Å². The Hall–Kier alpha value is -3.15. The number of hydrogen-bond donors (Lipinski definition) is 0. The minimum Gasteiger partial charge on any atom is -0.461 e. The largest absolute Gasteiger partial charge is 0.461 e. The average Bonchev–Trinajstić information content (AvgIpc) is 2.97. The third-order valence-corrected chi connectivity index (χ3v) is 4.82. The molecule has 1 aromatic carbocycles. The highest BCUT2D eigenvalue weighted by atomic mass is 16.5. The number of amides is 1. The molecule has 2 rings (SSSR count). The molecule has 0 aliphatic carbocycles. The summed E-state index contributed by atoms with van der Waals surface area (Å²) < 4.78 is 6.96. The Bertz CT molecular complexity index is 913. The SMILES string of the molecule is C=CCN(CC(=O)c1c(C)c(C(=O)OCC)n(CC)c1C)C(=O)c1ccccc1. The zero-order valence-corrected chi connectivity index (χ0v) is 17.5. The number of ether oxygens (including phenoxy) is 1. The molecule has 0 aliphatic heterocycles. The van der Waals surface area contributed by atoms with Crippen LogP contribution in [-0.2, 0) is 11.3 Å². The second-order valence-corrected chi connectivity index (χ2v) is 6.66. The smallest absolute Gasteiger partial charge is 0.355 e. The summed E-state index contributed by atoms with van der Waals surface area (Å²) in [6.07, 6.45) is 1.59. The van der Waals surface area contributed by atoms with E-state index in [9.17, 15) is 14.4 Å². The molecule has 1 heterocycles. The number of carbonyl (C=O) groups excluding carboxylic acids is 3. The summed E-state index contributed by atoms with van der Waals surface area (Å²) in [7, 11) is 0. The maximum Gasteiger partial charge on any atom is 0.355 e. The number of ketones is 1. The van der Waals surface area contributed by atoms with Gasteiger partial charge in [0.1, 0.15) is 5.69 Å². The van der Waals surface area contributed by atoms with E-state index in [4.69, 9.17) is 4.74 Å². The second kappa shape index (κ2) is 9.87. The van der Waals surface area contributed by atoms with Crippen molar-refractivity contribution in [2.75, 3.05) is 19.7 Å². The van der Waals surface area contributed by atoms with Gasteiger partial charge in [-0.1, -0.05) is 24.3 Å². The van der Waals surface area contributed by atoms with E-state index in [0.29, 0.717) is 34.6 Å². The number of esters is 1. The summed E-state index contributed by atoms with van der Waals surface area (Å²) in [5.74, 6) is -0.907. The average molecular weight is 396 g/mol. The number of nitrogens with zero attached hydrogens (tertiary/aromatic N) is 2. The van der Waals surface area contributed by atoms with Crippen LogP contribution in [0, 0.1) is 13.8 Å². The van der Waals surface area contributed by atoms with Gasteiger partial charge in [-0.25, -0.2) is 4.79 Å². The summed E-state index contributed by atoms with van der Waals surface area (Å²) in [5.41, 5.74) is 2.64. The number of aromatic nitrogens is 1. The number of rotatable bonds is 9. The lowest BCUT2D eigenvalue weighted by atomic mass is 10.0. The van der Waals surface area contributed by atoms with Gasteiger partial charge < -0.3 is 14.2 Å². The van der Waals surface area contributed by atoms with Gasteiger partial charge in [0.05, 0.1) is 13.2 Å². The third kappa shape index (κ3) is 4.65. The molecule has 154 valence electrons. The van der Waals surface area contributed by atoms with E-state index in [2.05, 4.69) is 6.58 Å². The highest BCUT2D eigenvalue weighted by Crippen LogP contribution is 2.24. The highest BCUT2D eigenvalue weighted by Gasteiger charge is 2.28. The van der Waals surface area contributed by atoms with Crippen LogP contribution in [0.3, 0.4) is 0 Å². The molecule has 0 N–H and O–H groups in total. The van der Waals surface area contributed by atoms with Crippen LogP contribution in [-0.4, -0.2) is 46.8 Å². The van der Waals surface area contributed by atoms with Crippen molar-refractivity contribution >= 4 is 17.7 Å². The quantitative estimate of drug-likeness (QED) is 0.367. The van der Waals surface area contributed by atoms with Crippen molar-refractivity contribution in [2.45, 2.75) is 34.2 Å². The standard InChI is InChI=1S/C23H28N2O4/c1-6-14-24(22(27)18-12-10-9-11-13-18)15-19(26)20-16(4)21(23(28)29-8-3)25(7-2)17(20)5/h6,9-13H,1,7-8,14-15H2,2-5H3. The summed E-state index contributed by atoms with van der Waals surface area (Å²) >= 11 is 0. The number of Topliss-reactive ketones (excluding diaryl/α,β-unsaturated/α-hetero) is 1. The van der Waals surface area contributed by atoms with Crippen molar-refractivity contribution in [3.8, 4) is 0 Å². The molecule has 0 unspecified atom stereocenters. The van der Waals surface area contributed by atoms with E-state index >= 15 is 0 Å². The maximum absolute atomic E-state index is 13.2. The van der Waals surface area contributed by atoms with Crippen LogP contribution >= 0.6 is 0 Å². The van der Waals surface area contributed by atoms with Crippen molar-refractivity contribution < 1.29 is 19.1 Å². The van der Waals surface area contributed by atoms with Crippen molar-refractivity contribution in [1.29, 1.82) is 0 Å². The first-order valence-corrected chi connectivity index (χ1v) is 9.72. The molecule has 1 amide bonds. The molecule has 0 bridgehead atoms. The third-order valence-electron chi connectivity index (χ3n) is 4.82. The van der Waals surface area contributed by atoms with Crippen LogP contribution in [0.2, 0.25) is 0 Å². The van der Waals surface area contributed by atoms with Gasteiger partial charge in [-0.2, -0.15) is 0 Å². The first-order chi connectivity index (χ1) is 13.9. The van der Waals surface area contributed by atoms with E-state index in [-0.39, 0.29) is 31.4 Å². The summed E-state index contributed by atoms with van der Waals surface area (Å²) in [5, 5.41) is 0. The second-order valence-electron chi connectivity index (χ2n) is 6.66. The van der Waals surface area contributed by atoms with Gasteiger partial charge in [0.2, 0.25) is 0 Å². The van der Waals surface area contributed by atoms with Crippen LogP contribution in [0.4, 0.5) is 0 Å². The molecule has 0 saturated carbocycles. The van der Waals surface area contributed by atoms with Crippen LogP contribution in [0.1, 0.15) is 56.3 Å². The van der Waals surface area contributed by atoms with E-state index in [1.54, 1.807) is 48.8 Å². The maximum atomic E-state index is 13.2. The Morgan fingerprint density at radius 2 is 1.79 bits per heavy atom. The van der Waals surface area contributed by atoms with Crippen LogP contribution in [0.25, 0.3) is 0 Å². The molecule has 0 aliphatic rings. The van der Waals surface area contributed by atoms with Gasteiger partial charge in [-0.05, 0) is 45.4 Å². The topological polar surface area (TPSA) is 68.6 Å². The highest BCUT2D eigenvalue weighted by molar-refractivity contribution is 6.06. The molecule has 1 aromatic heterocycles. The lowest BCUT2D eigenvalue weighted by molar-refractivity contribution is 0.0512. The fourth-order valence-corrected chi connectivity index (χ4v) is 3.55. The van der Waals surface area contributed by atoms with Crippen molar-refractivity contribution in [3.63, 3.8) is 0 Å². The fraction of sp³-hybridized carbons (Fsp3) is 0.348. The van der Waals surface area contributed by atoms with Gasteiger partial charge in [0, 0.05) is 29.9 Å². The number of benzene rings is 1. The van der Waals surface area contributed by atoms with Crippen molar-refractivity contribution in [3.05, 3.63) is 71.1 Å². The first-order valence-electron chi connectivity index (χ1n) is 9.72. The van der Waals surface area contributed by atoms with Crippen molar-refractivity contribution in [1.82, 2.24) is 9.47 Å². The Morgan fingerprint density at radius 3 is 2.34 bits per heavy atom. The van der Waals surface area contributed by atoms with E-state index < -0.39 is 5.97 Å². The van der Waals surface area contributed by atoms with E-state index in [1.807, 2.05) is 19.9 Å². The zero-order chi connectivity index (χ0) is 21.6. The normalized spacial score (nSPS) is 10.5. The molecular weight excluding hydrogens is 368 g/mol. The molecule has 0 radical (unpaired) electrons. The predicted molar refractivity (Wildman–Crippen MR) is 112 cm³/mol. The molecule has 0 atom stereocenters. The van der Waals surface area contributed by atoms with Gasteiger partial charge in [0.25, 0.3) is 5.91 Å². The van der Waals surface area contributed by atoms with E-state index in [1.165, 1.54) is 4.90 Å². The molecule has 0 spiro atoms. The van der Waals surface area contributed by atoms with Gasteiger partial charge in [-0.15, -0.1) is 6.58 Å². The predicted octanol–water partition coefficient (Wildman–Crippen LogP) is 3.81. The summed E-state index contributed by atoms with van der Waals surface area (Å²) in [6, 6.07) is 8.82. The Morgan fingerprint density at radius 1 is 1.14 bits per heavy atom. The van der Waals surface area contributed by atoms with Crippen LogP contribution in [0.15, 0.2) is 43.0 Å². The van der Waals surface area contributed by atoms with Crippen molar-refractivity contribution in [2.24, 2.45) is 0 Å². The van der Waals surface area contributed by atoms with Gasteiger partial charge in [-0.3, -0.25) is 9.59 Å². The minimum absolute atomic E-state index is 0.0998. The monoisotopic (exact) mass is 396 g/mol. The Balaban J connectivity index is 2.38. The lowest BCUT2D eigenvalue weighted by Crippen LogP contribution is -2.36. The minimum atomic E-state index is -0.447. The van der Waals surface area contributed by atoms with Gasteiger partial charge in [0.15, 0.2) is 5.78 Å². The van der Waals surface area contributed by atoms with Crippen LogP contribution < -0.4 is 0 Å². The first kappa shape index (κ1) is 22.1. The molecular formula is C23H28N2O4. The summed E-state index contributed by atoms with van der Waals surface area (Å²) in [6.45, 7) is 11.8. The molecule has 2 aromatic rings. The molecule has 29 heavy (non-hydrogen) atoms. The lowest BCUT2D eigenvalue weighted by Gasteiger charge is -2.20. The summed E-state index contributed by atoms with van der Waals surface area (Å²) in [4.78, 5) is 39.9. The van der Waals surface area contributed by atoms with Gasteiger partial charge >= 0.3 is 5.97 Å². The zero-order valence-electron chi connectivity index (χ0n) is 17.5. The Kier molecular flexibility index (Phi) is 7.53. The molecule has 6 heteroatoms. The molecule has 0 saturated heterocycles. The molecule has 0 fully saturated rings. The number of hydrogen-bond acceptors (Lipinski definition) is 4.